The summed E-state index contributed by atoms with van der Waals surface area (Å²) in [4.78, 5) is 16.5. The Balaban J connectivity index is 1.60. The summed E-state index contributed by atoms with van der Waals surface area (Å²) in [5, 5.41) is 7.18. The van der Waals surface area contributed by atoms with E-state index in [1.54, 1.807) is 23.1 Å². The normalized spacial score (nSPS) is 10.9. The molecule has 0 aliphatic heterocycles. The molecule has 4 rings (SSSR count). The number of hydrogen-bond donors (Lipinski definition) is 1. The molecule has 0 saturated carbocycles. The number of aryl methyl sites for hydroxylation is 1. The molecular weight excluding hydrogens is 302 g/mol. The van der Waals surface area contributed by atoms with Gasteiger partial charge in [-0.05, 0) is 49.4 Å². The summed E-state index contributed by atoms with van der Waals surface area (Å²) in [6.45, 7) is 1.90. The van der Waals surface area contributed by atoms with E-state index in [9.17, 15) is 4.79 Å². The number of carbonyl (C=O) groups is 1. The fraction of sp³-hybridized carbons (Fsp3) is 0.0556. The van der Waals surface area contributed by atoms with Crippen LogP contribution < -0.4 is 5.32 Å². The number of fused-ring (bicyclic) bond motifs is 1. The van der Waals surface area contributed by atoms with Crippen LogP contribution in [0.15, 0.2) is 67.1 Å². The van der Waals surface area contributed by atoms with Gasteiger partial charge in [0, 0.05) is 23.6 Å². The van der Waals surface area contributed by atoms with E-state index >= 15 is 0 Å². The molecule has 0 aromatic carbocycles. The molecule has 4 heterocycles. The van der Waals surface area contributed by atoms with E-state index in [1.165, 1.54) is 0 Å². The van der Waals surface area contributed by atoms with Gasteiger partial charge in [-0.3, -0.25) is 9.78 Å². The second kappa shape index (κ2) is 5.66. The molecule has 0 aliphatic rings. The lowest BCUT2D eigenvalue weighted by Gasteiger charge is -2.04. The molecule has 4 aromatic heterocycles. The van der Waals surface area contributed by atoms with Crippen LogP contribution in [0.3, 0.4) is 0 Å². The Labute approximate surface area is 138 Å². The number of pyridine rings is 2. The molecule has 24 heavy (non-hydrogen) atoms. The van der Waals surface area contributed by atoms with Gasteiger partial charge in [0.05, 0.1) is 11.9 Å². The minimum atomic E-state index is -0.264. The minimum Gasteiger partial charge on any atom is -0.319 e. The molecule has 0 bridgehead atoms. The van der Waals surface area contributed by atoms with Gasteiger partial charge in [0.15, 0.2) is 5.69 Å². The van der Waals surface area contributed by atoms with E-state index in [0.717, 1.165) is 17.0 Å². The lowest BCUT2D eigenvalue weighted by atomic mass is 10.3. The monoisotopic (exact) mass is 317 g/mol. The molecule has 0 aliphatic carbocycles. The van der Waals surface area contributed by atoms with Crippen molar-refractivity contribution in [3.8, 4) is 5.82 Å². The summed E-state index contributed by atoms with van der Waals surface area (Å²) in [6, 6.07) is 15.3. The molecule has 6 nitrogen and oxygen atoms in total. The molecular formula is C18H15N5O. The molecule has 118 valence electrons. The van der Waals surface area contributed by atoms with Crippen molar-refractivity contribution in [2.45, 2.75) is 6.92 Å². The maximum atomic E-state index is 12.3. The van der Waals surface area contributed by atoms with E-state index in [-0.39, 0.29) is 5.91 Å². The van der Waals surface area contributed by atoms with E-state index in [4.69, 9.17) is 0 Å². The summed E-state index contributed by atoms with van der Waals surface area (Å²) < 4.78 is 3.70. The van der Waals surface area contributed by atoms with Crippen molar-refractivity contribution in [1.29, 1.82) is 0 Å². The fourth-order valence-corrected chi connectivity index (χ4v) is 2.54. The van der Waals surface area contributed by atoms with E-state index in [2.05, 4.69) is 15.4 Å². The minimum absolute atomic E-state index is 0.264. The molecule has 4 aromatic rings. The highest BCUT2D eigenvalue weighted by molar-refractivity contribution is 6.02. The van der Waals surface area contributed by atoms with Gasteiger partial charge in [0.1, 0.15) is 5.82 Å². The first-order chi connectivity index (χ1) is 11.7. The number of amides is 1. The first-order valence-corrected chi connectivity index (χ1v) is 7.57. The van der Waals surface area contributed by atoms with Crippen LogP contribution in [0.4, 0.5) is 5.69 Å². The van der Waals surface area contributed by atoms with Crippen molar-refractivity contribution in [1.82, 2.24) is 19.2 Å². The zero-order valence-corrected chi connectivity index (χ0v) is 13.0. The van der Waals surface area contributed by atoms with Gasteiger partial charge in [-0.25, -0.2) is 4.68 Å². The molecule has 0 atom stereocenters. The third-order valence-corrected chi connectivity index (χ3v) is 3.77. The molecule has 0 unspecified atom stereocenters. The predicted octanol–water partition coefficient (Wildman–Crippen LogP) is 3.08. The third kappa shape index (κ3) is 2.54. The SMILES string of the molecule is Cc1ccc(NC(=O)c2ccn(-c3ccc4ccccn34)n2)cn1. The fourth-order valence-electron chi connectivity index (χ4n) is 2.54. The van der Waals surface area contributed by atoms with Crippen molar-refractivity contribution in [2.75, 3.05) is 5.32 Å². The largest absolute Gasteiger partial charge is 0.319 e. The first-order valence-electron chi connectivity index (χ1n) is 7.57. The van der Waals surface area contributed by atoms with Gasteiger partial charge in [-0.1, -0.05) is 6.07 Å². The molecule has 0 spiro atoms. The Kier molecular flexibility index (Phi) is 3.35. The van der Waals surface area contributed by atoms with Crippen molar-refractivity contribution in [2.24, 2.45) is 0 Å². The zero-order valence-electron chi connectivity index (χ0n) is 13.0. The smallest absolute Gasteiger partial charge is 0.276 e. The summed E-state index contributed by atoms with van der Waals surface area (Å²) in [6.07, 6.45) is 5.37. The van der Waals surface area contributed by atoms with E-state index in [1.807, 2.05) is 60.0 Å². The van der Waals surface area contributed by atoms with Gasteiger partial charge in [-0.15, -0.1) is 0 Å². The lowest BCUT2D eigenvalue weighted by molar-refractivity contribution is 0.102. The van der Waals surface area contributed by atoms with Gasteiger partial charge >= 0.3 is 0 Å². The van der Waals surface area contributed by atoms with Crippen molar-refractivity contribution in [3.63, 3.8) is 0 Å². The highest BCUT2D eigenvalue weighted by Gasteiger charge is 2.12. The van der Waals surface area contributed by atoms with Crippen LogP contribution in [0.25, 0.3) is 11.3 Å². The number of aromatic nitrogens is 4. The zero-order chi connectivity index (χ0) is 16.5. The van der Waals surface area contributed by atoms with Crippen molar-refractivity contribution < 1.29 is 4.79 Å². The van der Waals surface area contributed by atoms with Crippen LogP contribution >= 0.6 is 0 Å². The lowest BCUT2D eigenvalue weighted by Crippen LogP contribution is -2.13. The highest BCUT2D eigenvalue weighted by atomic mass is 16.1. The number of rotatable bonds is 3. The van der Waals surface area contributed by atoms with Gasteiger partial charge < -0.3 is 9.72 Å². The Morgan fingerprint density at radius 1 is 1.04 bits per heavy atom. The second-order valence-electron chi connectivity index (χ2n) is 5.47. The standard InChI is InChI=1S/C18H15N5O/c1-13-5-6-14(12-19-13)20-18(24)16-9-11-23(21-16)17-8-7-15-4-2-3-10-22(15)17/h2-12H,1H3,(H,20,24). The summed E-state index contributed by atoms with van der Waals surface area (Å²) in [7, 11) is 0. The van der Waals surface area contributed by atoms with Gasteiger partial charge in [0.2, 0.25) is 0 Å². The summed E-state index contributed by atoms with van der Waals surface area (Å²) in [5.41, 5.74) is 2.96. The van der Waals surface area contributed by atoms with Crippen LogP contribution in [-0.2, 0) is 0 Å². The highest BCUT2D eigenvalue weighted by Crippen LogP contribution is 2.14. The van der Waals surface area contributed by atoms with Gasteiger partial charge in [-0.2, -0.15) is 5.10 Å². The molecule has 0 radical (unpaired) electrons. The van der Waals surface area contributed by atoms with E-state index < -0.39 is 0 Å². The Hall–Kier alpha value is -3.41. The summed E-state index contributed by atoms with van der Waals surface area (Å²) in [5.74, 6) is 0.613. The summed E-state index contributed by atoms with van der Waals surface area (Å²) >= 11 is 0. The quantitative estimate of drug-likeness (QED) is 0.631. The molecule has 6 heteroatoms. The molecule has 0 fully saturated rings. The number of carbonyl (C=O) groups excluding carboxylic acids is 1. The molecule has 1 N–H and O–H groups in total. The molecule has 1 amide bonds. The topological polar surface area (TPSA) is 64.2 Å². The average molecular weight is 317 g/mol. The number of nitrogens with one attached hydrogen (secondary N) is 1. The van der Waals surface area contributed by atoms with Crippen LogP contribution in [0.1, 0.15) is 16.2 Å². The predicted molar refractivity (Wildman–Crippen MR) is 91.4 cm³/mol. The van der Waals surface area contributed by atoms with Crippen LogP contribution in [0, 0.1) is 6.92 Å². The number of hydrogen-bond acceptors (Lipinski definition) is 3. The van der Waals surface area contributed by atoms with Crippen molar-refractivity contribution >= 4 is 17.1 Å². The number of anilines is 1. The second-order valence-corrected chi connectivity index (χ2v) is 5.47. The van der Waals surface area contributed by atoms with Gasteiger partial charge in [0.25, 0.3) is 5.91 Å². The first kappa shape index (κ1) is 14.2. The number of nitrogens with zero attached hydrogens (tertiary/aromatic N) is 4. The Morgan fingerprint density at radius 3 is 2.79 bits per heavy atom. The van der Waals surface area contributed by atoms with Crippen LogP contribution in [-0.4, -0.2) is 25.1 Å². The van der Waals surface area contributed by atoms with E-state index in [0.29, 0.717) is 11.4 Å². The van der Waals surface area contributed by atoms with Crippen LogP contribution in [0.2, 0.25) is 0 Å². The van der Waals surface area contributed by atoms with Crippen molar-refractivity contribution in [3.05, 3.63) is 78.5 Å². The maximum Gasteiger partial charge on any atom is 0.276 e. The Morgan fingerprint density at radius 2 is 1.96 bits per heavy atom. The average Bonchev–Trinajstić information content (AvgIpc) is 3.23. The third-order valence-electron chi connectivity index (χ3n) is 3.77. The Bertz CT molecular complexity index is 1010. The molecule has 0 saturated heterocycles. The van der Waals surface area contributed by atoms with Crippen LogP contribution in [0.5, 0.6) is 0 Å². The maximum absolute atomic E-state index is 12.3.